The number of carbonyl (C=O) groups is 1. The Morgan fingerprint density at radius 3 is 2.63 bits per heavy atom. The number of methoxy groups -OCH3 is 1. The number of oxime groups is 1. The average Bonchev–Trinajstić information content (AvgIpc) is 3.55. The van der Waals surface area contributed by atoms with Crippen molar-refractivity contribution in [1.82, 2.24) is 4.90 Å². The molecule has 0 N–H and O–H groups in total. The molecule has 0 aromatic heterocycles. The predicted molar refractivity (Wildman–Crippen MR) is 128 cm³/mol. The minimum absolute atomic E-state index is 0.0345. The van der Waals surface area contributed by atoms with Gasteiger partial charge in [-0.05, 0) is 36.1 Å². The number of para-hydroxylation sites is 1. The number of rotatable bonds is 8. The van der Waals surface area contributed by atoms with Crippen molar-refractivity contribution < 1.29 is 23.1 Å². The first kappa shape index (κ1) is 23.0. The third kappa shape index (κ3) is 5.04. The second-order valence-electron chi connectivity index (χ2n) is 8.98. The van der Waals surface area contributed by atoms with E-state index in [9.17, 15) is 13.6 Å². The second kappa shape index (κ2) is 9.86. The van der Waals surface area contributed by atoms with E-state index in [1.165, 1.54) is 12.1 Å². The Morgan fingerprint density at radius 1 is 1.09 bits per heavy atom. The van der Waals surface area contributed by atoms with Gasteiger partial charge in [0.15, 0.2) is 6.10 Å². The number of hydrogen-bond donors (Lipinski definition) is 0. The Kier molecular flexibility index (Phi) is 6.49. The summed E-state index contributed by atoms with van der Waals surface area (Å²) in [4.78, 5) is 20.8. The Morgan fingerprint density at radius 2 is 1.86 bits per heavy atom. The summed E-state index contributed by atoms with van der Waals surface area (Å²) in [6.45, 7) is 0.280. The lowest BCUT2D eigenvalue weighted by molar-refractivity contribution is -0.135. The minimum Gasteiger partial charge on any atom is -0.496 e. The fourth-order valence-electron chi connectivity index (χ4n) is 4.67. The zero-order valence-corrected chi connectivity index (χ0v) is 19.4. The zero-order chi connectivity index (χ0) is 24.4. The van der Waals surface area contributed by atoms with Crippen LogP contribution in [0, 0.1) is 17.6 Å². The van der Waals surface area contributed by atoms with Crippen LogP contribution in [0.25, 0.3) is 0 Å². The van der Waals surface area contributed by atoms with Crippen molar-refractivity contribution in [3.05, 3.63) is 101 Å². The molecule has 3 aromatic carbocycles. The summed E-state index contributed by atoms with van der Waals surface area (Å²) in [6.07, 6.45) is 0.860. The summed E-state index contributed by atoms with van der Waals surface area (Å²) in [5, 5.41) is 4.24. The van der Waals surface area contributed by atoms with Gasteiger partial charge in [-0.25, -0.2) is 8.78 Å². The SMILES string of the molecule is COc1ccccc1C1=NO[C@@H](CN(Cc2ccc(F)cc2F)C(=O)[C@H]2C[C@H]2c2ccccc2)C1. The van der Waals surface area contributed by atoms with Gasteiger partial charge in [0.2, 0.25) is 5.91 Å². The molecule has 7 heteroatoms. The van der Waals surface area contributed by atoms with E-state index < -0.39 is 11.6 Å². The van der Waals surface area contributed by atoms with Crippen LogP contribution in [0.1, 0.15) is 35.4 Å². The van der Waals surface area contributed by atoms with Gasteiger partial charge in [0, 0.05) is 36.1 Å². The Hall–Kier alpha value is -3.74. The van der Waals surface area contributed by atoms with E-state index >= 15 is 0 Å². The number of amides is 1. The fraction of sp³-hybridized carbons (Fsp3) is 0.286. The molecule has 1 aliphatic heterocycles. The summed E-state index contributed by atoms with van der Waals surface area (Å²) in [7, 11) is 1.60. The Bertz CT molecular complexity index is 1250. The third-order valence-corrected chi connectivity index (χ3v) is 6.60. The van der Waals surface area contributed by atoms with Crippen LogP contribution in [0.2, 0.25) is 0 Å². The molecule has 1 heterocycles. The highest BCUT2D eigenvalue weighted by atomic mass is 19.1. The van der Waals surface area contributed by atoms with Crippen molar-refractivity contribution in [2.75, 3.05) is 13.7 Å². The van der Waals surface area contributed by atoms with Crippen LogP contribution < -0.4 is 4.74 Å². The van der Waals surface area contributed by atoms with Crippen LogP contribution in [-0.4, -0.2) is 36.3 Å². The lowest BCUT2D eigenvalue weighted by Gasteiger charge is -2.25. The molecule has 35 heavy (non-hydrogen) atoms. The van der Waals surface area contributed by atoms with Gasteiger partial charge in [0.25, 0.3) is 0 Å². The fourth-order valence-corrected chi connectivity index (χ4v) is 4.67. The van der Waals surface area contributed by atoms with Crippen molar-refractivity contribution in [3.63, 3.8) is 0 Å². The molecular weight excluding hydrogens is 450 g/mol. The minimum atomic E-state index is -0.670. The molecule has 5 rings (SSSR count). The Labute approximate surface area is 203 Å². The maximum absolute atomic E-state index is 14.5. The first-order valence-electron chi connectivity index (χ1n) is 11.7. The standard InChI is InChI=1S/C28H26F2N2O3/c1-34-27-10-6-5-9-22(27)26-14-21(35-31-26)17-32(16-19-11-12-20(29)13-25(19)30)28(33)24-15-23(24)18-7-3-2-4-8-18/h2-13,21,23-24H,14-17H2,1H3/t21-,23+,24+/m1/s1. The van der Waals surface area contributed by atoms with E-state index in [1.54, 1.807) is 12.0 Å². The van der Waals surface area contributed by atoms with Crippen molar-refractivity contribution >= 4 is 11.6 Å². The number of benzene rings is 3. The van der Waals surface area contributed by atoms with Gasteiger partial charge in [-0.3, -0.25) is 4.79 Å². The molecule has 0 saturated heterocycles. The van der Waals surface area contributed by atoms with Crippen LogP contribution in [0.5, 0.6) is 5.75 Å². The molecular formula is C28H26F2N2O3. The highest BCUT2D eigenvalue weighted by Crippen LogP contribution is 2.48. The quantitative estimate of drug-likeness (QED) is 0.443. The van der Waals surface area contributed by atoms with E-state index in [0.717, 1.165) is 29.3 Å². The number of halogens is 2. The maximum atomic E-state index is 14.5. The lowest BCUT2D eigenvalue weighted by atomic mass is 10.0. The highest BCUT2D eigenvalue weighted by molar-refractivity contribution is 6.03. The zero-order valence-electron chi connectivity index (χ0n) is 19.4. The van der Waals surface area contributed by atoms with Crippen LogP contribution in [0.15, 0.2) is 78.0 Å². The van der Waals surface area contributed by atoms with Crippen LogP contribution in [0.3, 0.4) is 0 Å². The first-order chi connectivity index (χ1) is 17.0. The molecule has 180 valence electrons. The molecule has 1 aliphatic carbocycles. The number of nitrogens with zero attached hydrogens (tertiary/aromatic N) is 2. The molecule has 0 unspecified atom stereocenters. The monoisotopic (exact) mass is 476 g/mol. The molecule has 3 atom stereocenters. The van der Waals surface area contributed by atoms with E-state index in [1.807, 2.05) is 54.6 Å². The van der Waals surface area contributed by atoms with Crippen molar-refractivity contribution in [2.45, 2.75) is 31.4 Å². The number of ether oxygens (including phenoxy) is 1. The highest BCUT2D eigenvalue weighted by Gasteiger charge is 2.46. The van der Waals surface area contributed by atoms with Gasteiger partial charge >= 0.3 is 0 Å². The molecule has 1 amide bonds. The van der Waals surface area contributed by atoms with E-state index in [2.05, 4.69) is 5.16 Å². The van der Waals surface area contributed by atoms with E-state index in [0.29, 0.717) is 12.2 Å². The number of hydrogen-bond acceptors (Lipinski definition) is 4. The molecule has 0 bridgehead atoms. The smallest absolute Gasteiger partial charge is 0.226 e. The van der Waals surface area contributed by atoms with Gasteiger partial charge in [-0.1, -0.05) is 53.7 Å². The molecule has 0 spiro atoms. The van der Waals surface area contributed by atoms with Gasteiger partial charge in [-0.2, -0.15) is 0 Å². The van der Waals surface area contributed by atoms with Crippen LogP contribution in [-0.2, 0) is 16.2 Å². The van der Waals surface area contributed by atoms with Crippen LogP contribution >= 0.6 is 0 Å². The number of carbonyl (C=O) groups excluding carboxylic acids is 1. The molecule has 1 fully saturated rings. The molecule has 0 radical (unpaired) electrons. The summed E-state index contributed by atoms with van der Waals surface area (Å²) in [5.41, 5.74) is 2.96. The maximum Gasteiger partial charge on any atom is 0.226 e. The molecule has 5 nitrogen and oxygen atoms in total. The summed E-state index contributed by atoms with van der Waals surface area (Å²) < 4.78 is 33.4. The second-order valence-corrected chi connectivity index (χ2v) is 8.98. The third-order valence-electron chi connectivity index (χ3n) is 6.60. The summed E-state index contributed by atoms with van der Waals surface area (Å²) in [5.74, 6) is -0.704. The van der Waals surface area contributed by atoms with Gasteiger partial charge < -0.3 is 14.5 Å². The normalized spacial score (nSPS) is 20.7. The molecule has 3 aromatic rings. The predicted octanol–water partition coefficient (Wildman–Crippen LogP) is 5.30. The lowest BCUT2D eigenvalue weighted by Crippen LogP contribution is -2.38. The van der Waals surface area contributed by atoms with E-state index in [4.69, 9.17) is 9.57 Å². The first-order valence-corrected chi connectivity index (χ1v) is 11.7. The van der Waals surface area contributed by atoms with Gasteiger partial charge in [0.05, 0.1) is 19.4 Å². The van der Waals surface area contributed by atoms with E-state index in [-0.39, 0.29) is 42.5 Å². The Balaban J connectivity index is 1.32. The van der Waals surface area contributed by atoms with Crippen LogP contribution in [0.4, 0.5) is 8.78 Å². The summed E-state index contributed by atoms with van der Waals surface area (Å²) >= 11 is 0. The largest absolute Gasteiger partial charge is 0.496 e. The molecule has 1 saturated carbocycles. The van der Waals surface area contributed by atoms with Crippen molar-refractivity contribution in [1.29, 1.82) is 0 Å². The summed E-state index contributed by atoms with van der Waals surface area (Å²) in [6, 6.07) is 20.9. The van der Waals surface area contributed by atoms with Crippen molar-refractivity contribution in [3.8, 4) is 5.75 Å². The topological polar surface area (TPSA) is 51.1 Å². The van der Waals surface area contributed by atoms with Gasteiger partial charge in [0.1, 0.15) is 17.4 Å². The van der Waals surface area contributed by atoms with Gasteiger partial charge in [-0.15, -0.1) is 0 Å². The molecule has 2 aliphatic rings. The van der Waals surface area contributed by atoms with Crippen molar-refractivity contribution in [2.24, 2.45) is 11.1 Å². The average molecular weight is 477 g/mol.